The van der Waals surface area contributed by atoms with Crippen molar-refractivity contribution in [2.24, 2.45) is 0 Å². The summed E-state index contributed by atoms with van der Waals surface area (Å²) in [5.41, 5.74) is -1.47. The number of halogens is 3. The van der Waals surface area contributed by atoms with E-state index >= 15 is 0 Å². The van der Waals surface area contributed by atoms with Crippen LogP contribution in [0.15, 0.2) is 40.8 Å². The Labute approximate surface area is 114 Å². The van der Waals surface area contributed by atoms with Gasteiger partial charge in [-0.15, -0.1) is 0 Å². The van der Waals surface area contributed by atoms with Crippen LogP contribution < -0.4 is 0 Å². The van der Waals surface area contributed by atoms with Crippen LogP contribution in [0.3, 0.4) is 0 Å². The molecule has 0 atom stereocenters. The second-order valence-corrected chi connectivity index (χ2v) is 4.51. The number of alkyl halides is 3. The third kappa shape index (κ3) is 3.23. The van der Waals surface area contributed by atoms with Crippen LogP contribution in [-0.2, 0) is 6.18 Å². The van der Waals surface area contributed by atoms with Crippen molar-refractivity contribution in [1.82, 2.24) is 15.0 Å². The molecule has 0 aromatic carbocycles. The summed E-state index contributed by atoms with van der Waals surface area (Å²) >= 11 is 0.730. The minimum absolute atomic E-state index is 0.272. The largest absolute Gasteiger partial charge is 0.478 e. The molecular formula is C11H6F3N3O2S. The van der Waals surface area contributed by atoms with Crippen LogP contribution >= 0.6 is 11.8 Å². The maximum Gasteiger partial charge on any atom is 0.433 e. The SMILES string of the molecule is O=C(O)c1ccc(C(F)(F)F)nc1Sc1ccncn1. The monoisotopic (exact) mass is 301 g/mol. The van der Waals surface area contributed by atoms with Gasteiger partial charge in [0, 0.05) is 6.20 Å². The molecule has 0 spiro atoms. The molecule has 0 aliphatic heterocycles. The van der Waals surface area contributed by atoms with Crippen molar-refractivity contribution in [3.8, 4) is 0 Å². The van der Waals surface area contributed by atoms with Gasteiger partial charge in [-0.05, 0) is 30.0 Å². The zero-order valence-corrected chi connectivity index (χ0v) is 10.4. The molecule has 0 unspecified atom stereocenters. The molecule has 2 aromatic rings. The molecule has 1 N–H and O–H groups in total. The minimum atomic E-state index is -4.64. The average molecular weight is 301 g/mol. The molecule has 2 aromatic heterocycles. The second kappa shape index (κ2) is 5.45. The summed E-state index contributed by atoms with van der Waals surface area (Å²) < 4.78 is 37.8. The second-order valence-electron chi connectivity index (χ2n) is 3.50. The number of hydrogen-bond donors (Lipinski definition) is 1. The van der Waals surface area contributed by atoms with Gasteiger partial charge >= 0.3 is 12.1 Å². The number of aromatic carboxylic acids is 1. The molecule has 0 saturated heterocycles. The summed E-state index contributed by atoms with van der Waals surface area (Å²) in [6.45, 7) is 0. The Hall–Kier alpha value is -2.16. The first-order chi connectivity index (χ1) is 9.38. The smallest absolute Gasteiger partial charge is 0.433 e. The van der Waals surface area contributed by atoms with Gasteiger partial charge in [0.15, 0.2) is 0 Å². The molecule has 0 amide bonds. The number of carboxylic acids is 1. The van der Waals surface area contributed by atoms with E-state index in [2.05, 4.69) is 15.0 Å². The van der Waals surface area contributed by atoms with Crippen LogP contribution in [-0.4, -0.2) is 26.0 Å². The zero-order chi connectivity index (χ0) is 14.8. The number of pyridine rings is 1. The summed E-state index contributed by atoms with van der Waals surface area (Å²) in [7, 11) is 0. The maximum absolute atomic E-state index is 12.6. The van der Waals surface area contributed by atoms with Crippen molar-refractivity contribution >= 4 is 17.7 Å². The highest BCUT2D eigenvalue weighted by Gasteiger charge is 2.33. The molecule has 9 heteroatoms. The van der Waals surface area contributed by atoms with Gasteiger partial charge in [0.2, 0.25) is 0 Å². The van der Waals surface area contributed by atoms with Crippen LogP contribution in [0.5, 0.6) is 0 Å². The van der Waals surface area contributed by atoms with Gasteiger partial charge in [-0.3, -0.25) is 0 Å². The van der Waals surface area contributed by atoms with Crippen LogP contribution in [0, 0.1) is 0 Å². The lowest BCUT2D eigenvalue weighted by Crippen LogP contribution is -2.11. The highest BCUT2D eigenvalue weighted by Crippen LogP contribution is 2.33. The van der Waals surface area contributed by atoms with E-state index in [0.29, 0.717) is 11.1 Å². The van der Waals surface area contributed by atoms with Crippen LogP contribution in [0.25, 0.3) is 0 Å². The fraction of sp³-hybridized carbons (Fsp3) is 0.0909. The van der Waals surface area contributed by atoms with Gasteiger partial charge in [0.25, 0.3) is 0 Å². The number of rotatable bonds is 3. The van der Waals surface area contributed by atoms with Crippen molar-refractivity contribution in [2.75, 3.05) is 0 Å². The summed E-state index contributed by atoms with van der Waals surface area (Å²) in [6.07, 6.45) is -2.04. The Morgan fingerprint density at radius 2 is 2.00 bits per heavy atom. The van der Waals surface area contributed by atoms with Gasteiger partial charge in [0.1, 0.15) is 22.1 Å². The standard InChI is InChI=1S/C11H6F3N3O2S/c12-11(13,14)7-2-1-6(10(18)19)9(17-7)20-8-3-4-15-5-16-8/h1-5H,(H,18,19). The fourth-order valence-corrected chi connectivity index (χ4v) is 2.11. The summed E-state index contributed by atoms with van der Waals surface area (Å²) in [5.74, 6) is -1.36. The van der Waals surface area contributed by atoms with Crippen molar-refractivity contribution in [1.29, 1.82) is 0 Å². The predicted molar refractivity (Wildman–Crippen MR) is 62.4 cm³/mol. The zero-order valence-electron chi connectivity index (χ0n) is 9.63. The lowest BCUT2D eigenvalue weighted by atomic mass is 10.2. The van der Waals surface area contributed by atoms with E-state index in [1.54, 1.807) is 0 Å². The van der Waals surface area contributed by atoms with E-state index in [9.17, 15) is 18.0 Å². The van der Waals surface area contributed by atoms with Gasteiger partial charge in [0.05, 0.1) is 5.56 Å². The lowest BCUT2D eigenvalue weighted by molar-refractivity contribution is -0.141. The third-order valence-electron chi connectivity index (χ3n) is 2.14. The maximum atomic E-state index is 12.6. The fourth-order valence-electron chi connectivity index (χ4n) is 1.28. The third-order valence-corrected chi connectivity index (χ3v) is 3.09. The topological polar surface area (TPSA) is 76.0 Å². The Bertz CT molecular complexity index is 635. The first kappa shape index (κ1) is 14.3. The van der Waals surface area contributed by atoms with Crippen molar-refractivity contribution in [2.45, 2.75) is 16.2 Å². The molecule has 0 fully saturated rings. The van der Waals surface area contributed by atoms with Crippen LogP contribution in [0.4, 0.5) is 13.2 Å². The average Bonchev–Trinajstić information content (AvgIpc) is 2.38. The molecule has 2 heterocycles. The Morgan fingerprint density at radius 1 is 1.25 bits per heavy atom. The molecule has 0 radical (unpaired) electrons. The van der Waals surface area contributed by atoms with Crippen LogP contribution in [0.2, 0.25) is 0 Å². The van der Waals surface area contributed by atoms with Crippen LogP contribution in [0.1, 0.15) is 16.1 Å². The molecular weight excluding hydrogens is 295 g/mol. The Kier molecular flexibility index (Phi) is 3.89. The molecule has 2 rings (SSSR count). The van der Waals surface area contributed by atoms with E-state index in [1.807, 2.05) is 0 Å². The van der Waals surface area contributed by atoms with Gasteiger partial charge in [-0.25, -0.2) is 19.7 Å². The highest BCUT2D eigenvalue weighted by atomic mass is 32.2. The number of hydrogen-bond acceptors (Lipinski definition) is 5. The van der Waals surface area contributed by atoms with Gasteiger partial charge in [-0.2, -0.15) is 13.2 Å². The molecule has 5 nitrogen and oxygen atoms in total. The highest BCUT2D eigenvalue weighted by molar-refractivity contribution is 7.99. The van der Waals surface area contributed by atoms with Crippen molar-refractivity contribution < 1.29 is 23.1 Å². The molecule has 0 saturated carbocycles. The summed E-state index contributed by atoms with van der Waals surface area (Å²) in [4.78, 5) is 21.8. The number of carbonyl (C=O) groups is 1. The van der Waals surface area contributed by atoms with Crippen molar-refractivity contribution in [3.63, 3.8) is 0 Å². The van der Waals surface area contributed by atoms with E-state index in [0.717, 1.165) is 17.8 Å². The predicted octanol–water partition coefficient (Wildman–Crippen LogP) is 2.74. The first-order valence-corrected chi connectivity index (χ1v) is 5.95. The van der Waals surface area contributed by atoms with E-state index < -0.39 is 17.8 Å². The summed E-state index contributed by atoms with van der Waals surface area (Å²) in [5, 5.41) is 9.00. The molecule has 20 heavy (non-hydrogen) atoms. The molecule has 0 aliphatic carbocycles. The van der Waals surface area contributed by atoms with Gasteiger partial charge < -0.3 is 5.11 Å². The quantitative estimate of drug-likeness (QED) is 0.878. The number of aromatic nitrogens is 3. The molecule has 0 bridgehead atoms. The Balaban J connectivity index is 2.45. The molecule has 104 valence electrons. The minimum Gasteiger partial charge on any atom is -0.478 e. The van der Waals surface area contributed by atoms with E-state index in [-0.39, 0.29) is 10.6 Å². The normalized spacial score (nSPS) is 11.3. The van der Waals surface area contributed by atoms with E-state index in [4.69, 9.17) is 5.11 Å². The van der Waals surface area contributed by atoms with E-state index in [1.165, 1.54) is 18.6 Å². The first-order valence-electron chi connectivity index (χ1n) is 5.13. The summed E-state index contributed by atoms with van der Waals surface area (Å²) in [6, 6.07) is 2.95. The number of carboxylic acid groups (broad SMARTS) is 1. The molecule has 0 aliphatic rings. The van der Waals surface area contributed by atoms with Crippen molar-refractivity contribution in [3.05, 3.63) is 42.0 Å². The lowest BCUT2D eigenvalue weighted by Gasteiger charge is -2.09. The Morgan fingerprint density at radius 3 is 2.55 bits per heavy atom. The number of nitrogens with zero attached hydrogens (tertiary/aromatic N) is 3. The van der Waals surface area contributed by atoms with Gasteiger partial charge in [-0.1, -0.05) is 0 Å².